The molecule has 288 valence electrons. The lowest BCUT2D eigenvalue weighted by Gasteiger charge is -2.27. The van der Waals surface area contributed by atoms with E-state index in [-0.39, 0.29) is 12.0 Å². The maximum atomic E-state index is 6.76. The third kappa shape index (κ3) is 6.65. The summed E-state index contributed by atoms with van der Waals surface area (Å²) in [6, 6.07) is 62.4. The zero-order valence-electron chi connectivity index (χ0n) is 33.4. The highest BCUT2D eigenvalue weighted by Crippen LogP contribution is 2.51. The van der Waals surface area contributed by atoms with Gasteiger partial charge >= 0.3 is 0 Å². The van der Waals surface area contributed by atoms with Crippen LogP contribution in [-0.2, 0) is 0 Å². The van der Waals surface area contributed by atoms with Gasteiger partial charge in [-0.15, -0.1) is 0 Å². The van der Waals surface area contributed by atoms with E-state index in [1.807, 2.05) is 0 Å². The molecule has 0 amide bonds. The van der Waals surface area contributed by atoms with Crippen LogP contribution in [0.25, 0.3) is 33.9 Å². The van der Waals surface area contributed by atoms with Gasteiger partial charge in [-0.25, -0.2) is 0 Å². The van der Waals surface area contributed by atoms with Gasteiger partial charge in [0.1, 0.15) is 11.9 Å². The zero-order valence-corrected chi connectivity index (χ0v) is 33.4. The third-order valence-corrected chi connectivity index (χ3v) is 12.8. The van der Waals surface area contributed by atoms with Crippen LogP contribution >= 0.6 is 0 Å². The van der Waals surface area contributed by atoms with E-state index in [4.69, 9.17) is 4.74 Å². The van der Waals surface area contributed by atoms with Crippen molar-refractivity contribution >= 4 is 28.7 Å². The molecule has 1 aliphatic heterocycles. The van der Waals surface area contributed by atoms with Crippen molar-refractivity contribution in [2.75, 3.05) is 4.90 Å². The van der Waals surface area contributed by atoms with Gasteiger partial charge in [0.05, 0.1) is 5.92 Å². The number of benzene rings is 7. The van der Waals surface area contributed by atoms with Crippen LogP contribution in [0.3, 0.4) is 0 Å². The molecule has 2 heteroatoms. The summed E-state index contributed by atoms with van der Waals surface area (Å²) in [7, 11) is 0. The van der Waals surface area contributed by atoms with Crippen LogP contribution in [0.5, 0.6) is 5.75 Å². The van der Waals surface area contributed by atoms with Gasteiger partial charge < -0.3 is 9.64 Å². The Bertz CT molecular complexity index is 2840. The van der Waals surface area contributed by atoms with E-state index in [1.54, 1.807) is 0 Å². The van der Waals surface area contributed by atoms with Gasteiger partial charge in [0, 0.05) is 40.0 Å². The molecule has 0 bridgehead atoms. The van der Waals surface area contributed by atoms with Crippen LogP contribution in [0.2, 0.25) is 0 Å². The molecule has 2 nitrogen and oxygen atoms in total. The number of anilines is 3. The lowest BCUT2D eigenvalue weighted by Crippen LogP contribution is -2.19. The smallest absolute Gasteiger partial charge is 0.128 e. The fourth-order valence-electron chi connectivity index (χ4n) is 9.75. The van der Waals surface area contributed by atoms with Gasteiger partial charge in [-0.2, -0.15) is 0 Å². The molecule has 3 aliphatic carbocycles. The van der Waals surface area contributed by atoms with Gasteiger partial charge in [-0.05, 0) is 111 Å². The quantitative estimate of drug-likeness (QED) is 0.153. The Labute approximate surface area is 353 Å². The molecule has 1 heterocycles. The van der Waals surface area contributed by atoms with Gasteiger partial charge in [-0.1, -0.05) is 176 Å². The normalized spacial score (nSPS) is 19.5. The molecule has 4 unspecified atom stereocenters. The monoisotopic (exact) mass is 771 g/mol. The summed E-state index contributed by atoms with van der Waals surface area (Å²) in [6.45, 7) is 0. The molecule has 0 saturated heterocycles. The van der Waals surface area contributed by atoms with E-state index < -0.39 is 0 Å². The zero-order chi connectivity index (χ0) is 39.8. The molecule has 4 atom stereocenters. The van der Waals surface area contributed by atoms with Crippen LogP contribution in [0.4, 0.5) is 17.1 Å². The minimum atomic E-state index is -0.00989. The number of fused-ring (bicyclic) bond motifs is 4. The van der Waals surface area contributed by atoms with Gasteiger partial charge in [0.15, 0.2) is 0 Å². The van der Waals surface area contributed by atoms with E-state index in [0.29, 0.717) is 11.8 Å². The van der Waals surface area contributed by atoms with Crippen molar-refractivity contribution in [1.29, 1.82) is 0 Å². The summed E-state index contributed by atoms with van der Waals surface area (Å²) in [4.78, 5) is 2.37. The number of hydrogen-bond donors (Lipinski definition) is 0. The number of para-hydroxylation sites is 1. The van der Waals surface area contributed by atoms with Crippen LogP contribution in [0.15, 0.2) is 218 Å². The number of nitrogens with zero attached hydrogens (tertiary/aromatic N) is 1. The molecule has 0 saturated carbocycles. The summed E-state index contributed by atoms with van der Waals surface area (Å²) < 4.78 is 6.76. The predicted molar refractivity (Wildman–Crippen MR) is 250 cm³/mol. The Hall–Kier alpha value is -7.16. The van der Waals surface area contributed by atoms with Crippen molar-refractivity contribution in [3.05, 3.63) is 252 Å². The fraction of sp³-hybridized carbons (Fsp3) is 0.103. The van der Waals surface area contributed by atoms with Crippen molar-refractivity contribution < 1.29 is 4.74 Å². The first kappa shape index (κ1) is 36.0. The average molecular weight is 772 g/mol. The van der Waals surface area contributed by atoms with Crippen LogP contribution in [0, 0.1) is 0 Å². The molecular formula is C58H45NO. The minimum Gasteiger partial charge on any atom is -0.485 e. The molecule has 0 spiro atoms. The Balaban J connectivity index is 0.908. The fourth-order valence-corrected chi connectivity index (χ4v) is 9.75. The summed E-state index contributed by atoms with van der Waals surface area (Å²) in [5.74, 6) is 1.91. The first-order chi connectivity index (χ1) is 29.7. The van der Waals surface area contributed by atoms with Crippen LogP contribution in [0.1, 0.15) is 64.0 Å². The molecule has 0 N–H and O–H groups in total. The molecular weight excluding hydrogens is 727 g/mol. The number of rotatable bonds is 8. The van der Waals surface area contributed by atoms with Crippen molar-refractivity contribution in [1.82, 2.24) is 0 Å². The van der Waals surface area contributed by atoms with E-state index >= 15 is 0 Å². The molecule has 7 aromatic carbocycles. The van der Waals surface area contributed by atoms with E-state index in [9.17, 15) is 0 Å². The number of hydrogen-bond acceptors (Lipinski definition) is 2. The Morgan fingerprint density at radius 2 is 1.10 bits per heavy atom. The molecule has 0 radical (unpaired) electrons. The average Bonchev–Trinajstić information content (AvgIpc) is 3.72. The van der Waals surface area contributed by atoms with E-state index in [2.05, 4.69) is 229 Å². The molecule has 0 aromatic heterocycles. The first-order valence-electron chi connectivity index (χ1n) is 21.3. The van der Waals surface area contributed by atoms with Crippen molar-refractivity contribution in [2.45, 2.75) is 36.7 Å². The van der Waals surface area contributed by atoms with Crippen LogP contribution in [-0.4, -0.2) is 6.10 Å². The molecule has 60 heavy (non-hydrogen) atoms. The second kappa shape index (κ2) is 15.5. The van der Waals surface area contributed by atoms with Crippen molar-refractivity contribution in [2.24, 2.45) is 0 Å². The van der Waals surface area contributed by atoms with Crippen molar-refractivity contribution in [3.8, 4) is 28.0 Å². The second-order valence-corrected chi connectivity index (χ2v) is 16.3. The van der Waals surface area contributed by atoms with Crippen LogP contribution < -0.4 is 9.64 Å². The Kier molecular flexibility index (Phi) is 9.32. The first-order valence-corrected chi connectivity index (χ1v) is 21.3. The Morgan fingerprint density at radius 3 is 1.87 bits per heavy atom. The van der Waals surface area contributed by atoms with Gasteiger partial charge in [0.25, 0.3) is 0 Å². The maximum absolute atomic E-state index is 6.76. The maximum Gasteiger partial charge on any atom is 0.128 e. The third-order valence-electron chi connectivity index (χ3n) is 12.8. The Morgan fingerprint density at radius 1 is 0.467 bits per heavy atom. The molecule has 11 rings (SSSR count). The summed E-state index contributed by atoms with van der Waals surface area (Å²) in [5.41, 5.74) is 17.3. The molecule has 7 aromatic rings. The van der Waals surface area contributed by atoms with E-state index in [0.717, 1.165) is 35.7 Å². The summed E-state index contributed by atoms with van der Waals surface area (Å²) >= 11 is 0. The topological polar surface area (TPSA) is 12.5 Å². The van der Waals surface area contributed by atoms with Gasteiger partial charge in [0.2, 0.25) is 0 Å². The van der Waals surface area contributed by atoms with Crippen molar-refractivity contribution in [3.63, 3.8) is 0 Å². The highest BCUT2D eigenvalue weighted by Gasteiger charge is 2.39. The minimum absolute atomic E-state index is 0.00989. The number of ether oxygens (including phenoxy) is 1. The lowest BCUT2D eigenvalue weighted by atomic mass is 9.79. The highest BCUT2D eigenvalue weighted by molar-refractivity contribution is 5.83. The summed E-state index contributed by atoms with van der Waals surface area (Å²) in [6.07, 6.45) is 22.1. The lowest BCUT2D eigenvalue weighted by molar-refractivity contribution is 0.269. The SMILES string of the molecule is C1=CCC(c2cccc3c2OC2C=CC=C(c4cccc(-c5ccc(N(c6ccc(-c7ccccc7)cc6)c6ccc(C7CC=Cc8ccccc87)cc6)cc5)c4)C32)C=C1. The van der Waals surface area contributed by atoms with Gasteiger partial charge in [-0.3, -0.25) is 0 Å². The van der Waals surface area contributed by atoms with E-state index in [1.165, 1.54) is 61.2 Å². The highest BCUT2D eigenvalue weighted by atomic mass is 16.5. The standard InChI is InChI=1S/C58H45NO/c1-3-13-40(14-4-1)41-27-33-48(34-28-41)59(50-37-31-45(32-38-50)52-22-10-18-43-17-7-8-21-51(43)52)49-35-29-42(30-36-49)46-19-9-20-47(39-46)53-23-12-26-56-57(53)55-25-11-24-54(58(55)60-56)44-15-5-2-6-16-44/h1-15,17-21,23-39,44,52,56-57H,16,22H2. The predicted octanol–water partition coefficient (Wildman–Crippen LogP) is 15.1. The summed E-state index contributed by atoms with van der Waals surface area (Å²) in [5, 5.41) is 0. The molecule has 4 aliphatic rings. The number of allylic oxidation sites excluding steroid dienone is 7. The largest absolute Gasteiger partial charge is 0.485 e. The second-order valence-electron chi connectivity index (χ2n) is 16.3. The molecule has 0 fully saturated rings.